The van der Waals surface area contributed by atoms with E-state index in [-0.39, 0.29) is 0 Å². The predicted molar refractivity (Wildman–Crippen MR) is 74.0 cm³/mol. The molecule has 0 aliphatic heterocycles. The Bertz CT molecular complexity index is 656. The van der Waals surface area contributed by atoms with Gasteiger partial charge in [0.25, 0.3) is 0 Å². The van der Waals surface area contributed by atoms with Gasteiger partial charge in [-0.1, -0.05) is 37.7 Å². The van der Waals surface area contributed by atoms with Gasteiger partial charge in [-0.2, -0.15) is 0 Å². The number of thioether (sulfide) groups is 1. The number of fused-ring (bicyclic) bond motifs is 1. The van der Waals surface area contributed by atoms with Gasteiger partial charge < -0.3 is 4.42 Å². The molecule has 0 bridgehead atoms. The molecule has 0 saturated heterocycles. The molecule has 5 nitrogen and oxygen atoms in total. The lowest BCUT2D eigenvalue weighted by Gasteiger charge is -1.95. The van der Waals surface area contributed by atoms with Gasteiger partial charge in [0.15, 0.2) is 5.58 Å². The Kier molecular flexibility index (Phi) is 3.25. The third-order valence-corrected chi connectivity index (χ3v) is 3.52. The second-order valence-corrected chi connectivity index (χ2v) is 5.46. The average Bonchev–Trinajstić information content (AvgIpc) is 3.02. The van der Waals surface area contributed by atoms with E-state index in [1.165, 1.54) is 11.8 Å². The van der Waals surface area contributed by atoms with Gasteiger partial charge in [-0.25, -0.2) is 9.97 Å². The van der Waals surface area contributed by atoms with Gasteiger partial charge in [0, 0.05) is 5.92 Å². The van der Waals surface area contributed by atoms with Gasteiger partial charge in [-0.3, -0.25) is 5.10 Å². The van der Waals surface area contributed by atoms with E-state index in [1.807, 2.05) is 24.3 Å². The number of nitrogens with zero attached hydrogens (tertiary/aromatic N) is 3. The van der Waals surface area contributed by atoms with E-state index in [2.05, 4.69) is 34.0 Å². The summed E-state index contributed by atoms with van der Waals surface area (Å²) in [5.41, 5.74) is 1.70. The van der Waals surface area contributed by atoms with Crippen molar-refractivity contribution in [3.63, 3.8) is 0 Å². The summed E-state index contributed by atoms with van der Waals surface area (Å²) in [5, 5.41) is 7.83. The number of oxazole rings is 1. The van der Waals surface area contributed by atoms with E-state index in [9.17, 15) is 0 Å². The van der Waals surface area contributed by atoms with Crippen LogP contribution in [0, 0.1) is 0 Å². The fourth-order valence-electron chi connectivity index (χ4n) is 1.69. The fraction of sp³-hybridized carbons (Fsp3) is 0.308. The van der Waals surface area contributed by atoms with Crippen LogP contribution in [0.5, 0.6) is 0 Å². The monoisotopic (exact) mass is 274 g/mol. The molecule has 0 radical (unpaired) electrons. The van der Waals surface area contributed by atoms with Gasteiger partial charge in [0.05, 0.1) is 5.75 Å². The predicted octanol–water partition coefficient (Wildman–Crippen LogP) is 3.36. The zero-order valence-electron chi connectivity index (χ0n) is 10.8. The Morgan fingerprint density at radius 2 is 2.11 bits per heavy atom. The zero-order valence-corrected chi connectivity index (χ0v) is 11.6. The summed E-state index contributed by atoms with van der Waals surface area (Å²) in [5.74, 6) is 2.58. The normalized spacial score (nSPS) is 11.5. The highest BCUT2D eigenvalue weighted by Crippen LogP contribution is 2.23. The van der Waals surface area contributed by atoms with Crippen LogP contribution in [-0.4, -0.2) is 20.2 Å². The number of benzene rings is 1. The van der Waals surface area contributed by atoms with Crippen LogP contribution in [-0.2, 0) is 5.75 Å². The summed E-state index contributed by atoms with van der Waals surface area (Å²) < 4.78 is 5.65. The Hall–Kier alpha value is -1.82. The van der Waals surface area contributed by atoms with Crippen LogP contribution >= 0.6 is 11.8 Å². The number of hydrogen-bond acceptors (Lipinski definition) is 5. The van der Waals surface area contributed by atoms with Crippen molar-refractivity contribution < 1.29 is 4.42 Å². The van der Waals surface area contributed by atoms with E-state index < -0.39 is 0 Å². The molecule has 0 atom stereocenters. The number of nitrogens with one attached hydrogen (secondary N) is 1. The third-order valence-electron chi connectivity index (χ3n) is 2.69. The summed E-state index contributed by atoms with van der Waals surface area (Å²) >= 11 is 1.52. The Morgan fingerprint density at radius 3 is 2.84 bits per heavy atom. The molecule has 19 heavy (non-hydrogen) atoms. The Morgan fingerprint density at radius 1 is 1.26 bits per heavy atom. The highest BCUT2D eigenvalue weighted by atomic mass is 32.2. The molecule has 0 unspecified atom stereocenters. The lowest BCUT2D eigenvalue weighted by molar-refractivity contribution is 0.556. The largest absolute Gasteiger partial charge is 0.440 e. The van der Waals surface area contributed by atoms with Crippen LogP contribution in [0.25, 0.3) is 11.1 Å². The van der Waals surface area contributed by atoms with Crippen molar-refractivity contribution in [2.75, 3.05) is 0 Å². The van der Waals surface area contributed by atoms with Crippen LogP contribution in [0.4, 0.5) is 0 Å². The minimum atomic E-state index is 0.353. The van der Waals surface area contributed by atoms with Crippen molar-refractivity contribution in [3.8, 4) is 0 Å². The molecule has 0 aliphatic rings. The second kappa shape index (κ2) is 5.05. The topological polar surface area (TPSA) is 67.6 Å². The molecule has 3 aromatic rings. The Labute approximate surface area is 114 Å². The summed E-state index contributed by atoms with van der Waals surface area (Å²) in [6, 6.07) is 7.75. The van der Waals surface area contributed by atoms with Gasteiger partial charge in [-0.05, 0) is 12.1 Å². The number of rotatable bonds is 4. The SMILES string of the molecule is CC(C)c1nc(SCc2nc3ccccc3o2)n[nH]1. The molecule has 1 aromatic carbocycles. The lowest BCUT2D eigenvalue weighted by atomic mass is 10.2. The Balaban J connectivity index is 1.71. The number of H-pyrrole nitrogens is 1. The van der Waals surface area contributed by atoms with E-state index in [1.54, 1.807) is 0 Å². The van der Waals surface area contributed by atoms with Crippen molar-refractivity contribution in [2.24, 2.45) is 0 Å². The molecule has 0 fully saturated rings. The van der Waals surface area contributed by atoms with Crippen LogP contribution in [0.3, 0.4) is 0 Å². The first-order valence-corrected chi connectivity index (χ1v) is 7.10. The molecule has 1 N–H and O–H groups in total. The van der Waals surface area contributed by atoms with E-state index >= 15 is 0 Å². The summed E-state index contributed by atoms with van der Waals surface area (Å²) in [6.07, 6.45) is 0. The molecule has 98 valence electrons. The van der Waals surface area contributed by atoms with Crippen LogP contribution in [0.15, 0.2) is 33.8 Å². The number of hydrogen-bond donors (Lipinski definition) is 1. The van der Waals surface area contributed by atoms with Gasteiger partial charge in [-0.15, -0.1) is 5.10 Å². The number of aromatic nitrogens is 4. The van der Waals surface area contributed by atoms with Crippen molar-refractivity contribution in [1.29, 1.82) is 0 Å². The average molecular weight is 274 g/mol. The molecule has 2 heterocycles. The first kappa shape index (κ1) is 12.2. The lowest BCUT2D eigenvalue weighted by Crippen LogP contribution is -1.89. The van der Waals surface area contributed by atoms with Gasteiger partial charge >= 0.3 is 0 Å². The molecular weight excluding hydrogens is 260 g/mol. The maximum absolute atomic E-state index is 5.65. The van der Waals surface area contributed by atoms with Crippen LogP contribution in [0.1, 0.15) is 31.5 Å². The standard InChI is InChI=1S/C13H14N4OS/c1-8(2)12-15-13(17-16-12)19-7-11-14-9-5-3-4-6-10(9)18-11/h3-6,8H,7H2,1-2H3,(H,15,16,17). The van der Waals surface area contributed by atoms with Gasteiger partial charge in [0.2, 0.25) is 11.0 Å². The molecule has 6 heteroatoms. The minimum Gasteiger partial charge on any atom is -0.440 e. The molecule has 0 saturated carbocycles. The minimum absolute atomic E-state index is 0.353. The van der Waals surface area contributed by atoms with E-state index in [4.69, 9.17) is 4.42 Å². The molecule has 3 rings (SSSR count). The van der Waals surface area contributed by atoms with Crippen molar-refractivity contribution in [1.82, 2.24) is 20.2 Å². The summed E-state index contributed by atoms with van der Waals surface area (Å²) in [4.78, 5) is 8.82. The zero-order chi connectivity index (χ0) is 13.2. The first-order chi connectivity index (χ1) is 9.22. The van der Waals surface area contributed by atoms with E-state index in [0.29, 0.717) is 17.6 Å². The van der Waals surface area contributed by atoms with Gasteiger partial charge in [0.1, 0.15) is 11.3 Å². The fourth-order valence-corrected chi connectivity index (χ4v) is 2.34. The number of para-hydroxylation sites is 2. The smallest absolute Gasteiger partial charge is 0.208 e. The molecule has 0 amide bonds. The molecule has 2 aromatic heterocycles. The van der Waals surface area contributed by atoms with Crippen molar-refractivity contribution in [2.45, 2.75) is 30.7 Å². The molecular formula is C13H14N4OS. The van der Waals surface area contributed by atoms with Crippen molar-refractivity contribution in [3.05, 3.63) is 36.0 Å². The van der Waals surface area contributed by atoms with Crippen LogP contribution in [0.2, 0.25) is 0 Å². The maximum Gasteiger partial charge on any atom is 0.208 e. The summed E-state index contributed by atoms with van der Waals surface area (Å²) in [7, 11) is 0. The van der Waals surface area contributed by atoms with Crippen LogP contribution < -0.4 is 0 Å². The quantitative estimate of drug-likeness (QED) is 0.739. The molecule has 0 spiro atoms. The second-order valence-electron chi connectivity index (χ2n) is 4.52. The first-order valence-electron chi connectivity index (χ1n) is 6.12. The maximum atomic E-state index is 5.65. The highest BCUT2D eigenvalue weighted by Gasteiger charge is 2.10. The van der Waals surface area contributed by atoms with Crippen molar-refractivity contribution >= 4 is 22.9 Å². The third kappa shape index (κ3) is 2.63. The molecule has 0 aliphatic carbocycles. The van der Waals surface area contributed by atoms with E-state index in [0.717, 1.165) is 22.1 Å². The number of aromatic amines is 1. The highest BCUT2D eigenvalue weighted by molar-refractivity contribution is 7.98. The summed E-state index contributed by atoms with van der Waals surface area (Å²) in [6.45, 7) is 4.16.